The molecule has 4 heteroatoms. The van der Waals surface area contributed by atoms with E-state index in [4.69, 9.17) is 0 Å². The maximum absolute atomic E-state index is 4.25. The van der Waals surface area contributed by atoms with Crippen LogP contribution < -0.4 is 10.6 Å². The lowest BCUT2D eigenvalue weighted by Gasteiger charge is -2.27. The largest absolute Gasteiger partial charge is 0.356 e. The molecule has 0 amide bonds. The van der Waals surface area contributed by atoms with Gasteiger partial charge in [-0.15, -0.1) is 24.0 Å². The second-order valence-corrected chi connectivity index (χ2v) is 5.85. The fourth-order valence-electron chi connectivity index (χ4n) is 2.30. The highest BCUT2D eigenvalue weighted by Gasteiger charge is 2.18. The van der Waals surface area contributed by atoms with Crippen molar-refractivity contribution in [2.75, 3.05) is 20.1 Å². The van der Waals surface area contributed by atoms with Crippen LogP contribution in [0.3, 0.4) is 0 Å². The van der Waals surface area contributed by atoms with Gasteiger partial charge in [0.25, 0.3) is 0 Å². The van der Waals surface area contributed by atoms with E-state index < -0.39 is 0 Å². The molecule has 2 N–H and O–H groups in total. The van der Waals surface area contributed by atoms with Gasteiger partial charge >= 0.3 is 0 Å². The Morgan fingerprint density at radius 2 is 1.78 bits per heavy atom. The molecule has 0 radical (unpaired) electrons. The van der Waals surface area contributed by atoms with Crippen LogP contribution in [0.1, 0.15) is 46.5 Å². The van der Waals surface area contributed by atoms with Crippen molar-refractivity contribution >= 4 is 29.9 Å². The second-order valence-electron chi connectivity index (χ2n) is 5.85. The molecule has 0 aromatic heterocycles. The molecule has 0 atom stereocenters. The smallest absolute Gasteiger partial charge is 0.190 e. The topological polar surface area (TPSA) is 36.4 Å². The standard InChI is InChI=1S/C14H29N3.HI/c1-11(2)9-16-14(15-4)17-10-13-7-5-12(3)6-8-13;/h11-13H,5-10H2,1-4H3,(H2,15,16,17);1H. The van der Waals surface area contributed by atoms with Gasteiger partial charge in [-0.3, -0.25) is 4.99 Å². The zero-order valence-electron chi connectivity index (χ0n) is 12.3. The molecule has 1 aliphatic carbocycles. The Kier molecular flexibility index (Phi) is 9.87. The number of halogens is 1. The van der Waals surface area contributed by atoms with Gasteiger partial charge in [0.15, 0.2) is 5.96 Å². The van der Waals surface area contributed by atoms with Crippen LogP contribution in [0.15, 0.2) is 4.99 Å². The monoisotopic (exact) mass is 367 g/mol. The van der Waals surface area contributed by atoms with Gasteiger partial charge in [0, 0.05) is 20.1 Å². The fourth-order valence-corrected chi connectivity index (χ4v) is 2.30. The highest BCUT2D eigenvalue weighted by molar-refractivity contribution is 14.0. The zero-order valence-corrected chi connectivity index (χ0v) is 14.7. The second kappa shape index (κ2) is 9.87. The maximum atomic E-state index is 4.25. The van der Waals surface area contributed by atoms with Gasteiger partial charge in [0.2, 0.25) is 0 Å². The summed E-state index contributed by atoms with van der Waals surface area (Å²) in [5.41, 5.74) is 0. The van der Waals surface area contributed by atoms with E-state index in [0.29, 0.717) is 5.92 Å². The van der Waals surface area contributed by atoms with Crippen LogP contribution in [0.2, 0.25) is 0 Å². The Balaban J connectivity index is 0.00000289. The summed E-state index contributed by atoms with van der Waals surface area (Å²) in [7, 11) is 1.85. The summed E-state index contributed by atoms with van der Waals surface area (Å²) < 4.78 is 0. The minimum absolute atomic E-state index is 0. The van der Waals surface area contributed by atoms with E-state index in [1.54, 1.807) is 0 Å². The summed E-state index contributed by atoms with van der Waals surface area (Å²) in [5, 5.41) is 6.80. The first kappa shape index (κ1) is 18.0. The van der Waals surface area contributed by atoms with E-state index in [2.05, 4.69) is 36.4 Å². The SMILES string of the molecule is CN=C(NCC(C)C)NCC1CCC(C)CC1.I. The van der Waals surface area contributed by atoms with Crippen molar-refractivity contribution in [3.8, 4) is 0 Å². The zero-order chi connectivity index (χ0) is 12.7. The third-order valence-electron chi connectivity index (χ3n) is 3.59. The molecule has 1 aliphatic rings. The van der Waals surface area contributed by atoms with Crippen LogP contribution >= 0.6 is 24.0 Å². The molecule has 0 spiro atoms. The number of nitrogens with zero attached hydrogens (tertiary/aromatic N) is 1. The highest BCUT2D eigenvalue weighted by Crippen LogP contribution is 2.27. The molecule has 0 aromatic rings. The summed E-state index contributed by atoms with van der Waals surface area (Å²) in [6, 6.07) is 0. The van der Waals surface area contributed by atoms with Gasteiger partial charge < -0.3 is 10.6 Å². The van der Waals surface area contributed by atoms with Gasteiger partial charge in [0.1, 0.15) is 0 Å². The van der Waals surface area contributed by atoms with Crippen molar-refractivity contribution in [2.45, 2.75) is 46.5 Å². The summed E-state index contributed by atoms with van der Waals surface area (Å²) in [6.07, 6.45) is 5.53. The lowest BCUT2D eigenvalue weighted by molar-refractivity contribution is 0.289. The first-order valence-electron chi connectivity index (χ1n) is 7.06. The predicted molar refractivity (Wildman–Crippen MR) is 90.7 cm³/mol. The molecule has 0 heterocycles. The Hall–Kier alpha value is 0. The van der Waals surface area contributed by atoms with Crippen molar-refractivity contribution in [3.63, 3.8) is 0 Å². The maximum Gasteiger partial charge on any atom is 0.190 e. The molecule has 0 unspecified atom stereocenters. The van der Waals surface area contributed by atoms with Crippen LogP contribution in [0.4, 0.5) is 0 Å². The van der Waals surface area contributed by atoms with E-state index in [1.165, 1.54) is 25.7 Å². The van der Waals surface area contributed by atoms with Crippen LogP contribution in [0.5, 0.6) is 0 Å². The Morgan fingerprint density at radius 1 is 1.17 bits per heavy atom. The molecule has 0 aromatic carbocycles. The number of rotatable bonds is 4. The molecule has 0 bridgehead atoms. The normalized spacial score (nSPS) is 24.6. The lowest BCUT2D eigenvalue weighted by Crippen LogP contribution is -2.41. The lowest BCUT2D eigenvalue weighted by atomic mass is 9.83. The predicted octanol–water partition coefficient (Wildman–Crippen LogP) is 3.25. The van der Waals surface area contributed by atoms with Crippen LogP contribution in [0.25, 0.3) is 0 Å². The fraction of sp³-hybridized carbons (Fsp3) is 0.929. The molecule has 0 saturated heterocycles. The summed E-state index contributed by atoms with van der Waals surface area (Å²) in [4.78, 5) is 4.25. The first-order chi connectivity index (χ1) is 8.11. The number of hydrogen-bond donors (Lipinski definition) is 2. The minimum Gasteiger partial charge on any atom is -0.356 e. The van der Waals surface area contributed by atoms with Crippen molar-refractivity contribution in [1.29, 1.82) is 0 Å². The summed E-state index contributed by atoms with van der Waals surface area (Å²) in [6.45, 7) is 8.85. The van der Waals surface area contributed by atoms with Gasteiger partial charge in [-0.1, -0.05) is 33.6 Å². The van der Waals surface area contributed by atoms with Crippen molar-refractivity contribution in [1.82, 2.24) is 10.6 Å². The number of aliphatic imine (C=N–C) groups is 1. The molecule has 108 valence electrons. The molecule has 1 rings (SSSR count). The van der Waals surface area contributed by atoms with Gasteiger partial charge in [0.05, 0.1) is 0 Å². The van der Waals surface area contributed by atoms with E-state index in [1.807, 2.05) is 7.05 Å². The minimum atomic E-state index is 0. The molecular weight excluding hydrogens is 337 g/mol. The summed E-state index contributed by atoms with van der Waals surface area (Å²) >= 11 is 0. The highest BCUT2D eigenvalue weighted by atomic mass is 127. The van der Waals surface area contributed by atoms with Gasteiger partial charge in [-0.2, -0.15) is 0 Å². The molecule has 1 fully saturated rings. The molecule has 18 heavy (non-hydrogen) atoms. The number of nitrogens with one attached hydrogen (secondary N) is 2. The average molecular weight is 367 g/mol. The van der Waals surface area contributed by atoms with Crippen LogP contribution in [-0.2, 0) is 0 Å². The summed E-state index contributed by atoms with van der Waals surface area (Å²) in [5.74, 6) is 3.38. The van der Waals surface area contributed by atoms with Gasteiger partial charge in [-0.25, -0.2) is 0 Å². The molecular formula is C14H30IN3. The molecule has 3 nitrogen and oxygen atoms in total. The van der Waals surface area contributed by atoms with E-state index in [0.717, 1.165) is 30.9 Å². The van der Waals surface area contributed by atoms with E-state index in [9.17, 15) is 0 Å². The van der Waals surface area contributed by atoms with E-state index in [-0.39, 0.29) is 24.0 Å². The van der Waals surface area contributed by atoms with Crippen molar-refractivity contribution in [3.05, 3.63) is 0 Å². The Labute approximate surface area is 130 Å². The first-order valence-corrected chi connectivity index (χ1v) is 7.06. The molecule has 0 aliphatic heterocycles. The van der Waals surface area contributed by atoms with Crippen molar-refractivity contribution < 1.29 is 0 Å². The van der Waals surface area contributed by atoms with Crippen LogP contribution in [0, 0.1) is 17.8 Å². The third kappa shape index (κ3) is 7.44. The van der Waals surface area contributed by atoms with E-state index >= 15 is 0 Å². The van der Waals surface area contributed by atoms with Gasteiger partial charge in [-0.05, 0) is 30.6 Å². The average Bonchev–Trinajstić information content (AvgIpc) is 2.31. The van der Waals surface area contributed by atoms with Crippen molar-refractivity contribution in [2.24, 2.45) is 22.7 Å². The Bertz CT molecular complexity index is 233. The quantitative estimate of drug-likeness (QED) is 0.455. The van der Waals surface area contributed by atoms with Crippen LogP contribution in [-0.4, -0.2) is 26.1 Å². The number of guanidine groups is 1. The molecule has 1 saturated carbocycles. The third-order valence-corrected chi connectivity index (χ3v) is 3.59. The number of hydrogen-bond acceptors (Lipinski definition) is 1. The Morgan fingerprint density at radius 3 is 2.28 bits per heavy atom.